The van der Waals surface area contributed by atoms with E-state index in [4.69, 9.17) is 0 Å². The van der Waals surface area contributed by atoms with Crippen LogP contribution >= 0.6 is 0 Å². The summed E-state index contributed by atoms with van der Waals surface area (Å²) in [6.07, 6.45) is 5.29. The smallest absolute Gasteiger partial charge is 0.123 e. The first-order chi connectivity index (χ1) is 11.8. The molecule has 5 rings (SSSR count). The van der Waals surface area contributed by atoms with Crippen LogP contribution in [0.15, 0.2) is 67.3 Å². The third-order valence-corrected chi connectivity index (χ3v) is 4.22. The van der Waals surface area contributed by atoms with Crippen LogP contribution in [0.1, 0.15) is 0 Å². The van der Waals surface area contributed by atoms with Crippen LogP contribution in [0.25, 0.3) is 38.5 Å². The maximum absolute atomic E-state index is 13.3. The van der Waals surface area contributed by atoms with Gasteiger partial charge in [-0.2, -0.15) is 0 Å². The summed E-state index contributed by atoms with van der Waals surface area (Å²) in [6.45, 7) is 0. The van der Waals surface area contributed by atoms with Gasteiger partial charge in [0.25, 0.3) is 0 Å². The van der Waals surface area contributed by atoms with Gasteiger partial charge in [-0.1, -0.05) is 0 Å². The number of benzene rings is 2. The molecule has 114 valence electrons. The number of fused-ring (bicyclic) bond motifs is 6. The average Bonchev–Trinajstić information content (AvgIpc) is 3.08. The lowest BCUT2D eigenvalue weighted by Gasteiger charge is -2.08. The molecule has 2 aromatic carbocycles. The number of hydrogen-bond acceptors (Lipinski definition) is 3. The van der Waals surface area contributed by atoms with Crippen molar-refractivity contribution in [3.63, 3.8) is 0 Å². The molecular formula is C19H11FN4. The molecule has 0 unspecified atom stereocenters. The molecule has 5 aromatic rings. The number of imidazole rings is 1. The second-order valence-corrected chi connectivity index (χ2v) is 5.59. The first-order valence-corrected chi connectivity index (χ1v) is 7.57. The van der Waals surface area contributed by atoms with E-state index in [0.29, 0.717) is 0 Å². The molecule has 0 aliphatic rings. The number of halogens is 1. The van der Waals surface area contributed by atoms with E-state index in [1.54, 1.807) is 30.9 Å². The molecule has 3 aromatic heterocycles. The molecule has 0 fully saturated rings. The first-order valence-electron chi connectivity index (χ1n) is 7.57. The van der Waals surface area contributed by atoms with Crippen molar-refractivity contribution in [1.29, 1.82) is 0 Å². The Kier molecular flexibility index (Phi) is 2.64. The highest BCUT2D eigenvalue weighted by Crippen LogP contribution is 2.33. The second kappa shape index (κ2) is 4.83. The molecule has 0 N–H and O–H groups in total. The zero-order valence-electron chi connectivity index (χ0n) is 12.5. The highest BCUT2D eigenvalue weighted by Gasteiger charge is 2.15. The van der Waals surface area contributed by atoms with Gasteiger partial charge in [-0.3, -0.25) is 14.5 Å². The fourth-order valence-corrected chi connectivity index (χ4v) is 3.17. The predicted molar refractivity (Wildman–Crippen MR) is 91.6 cm³/mol. The van der Waals surface area contributed by atoms with Crippen LogP contribution in [0.2, 0.25) is 0 Å². The lowest BCUT2D eigenvalue weighted by Crippen LogP contribution is -1.94. The van der Waals surface area contributed by atoms with E-state index >= 15 is 0 Å². The summed E-state index contributed by atoms with van der Waals surface area (Å²) in [6, 6.07) is 14.2. The van der Waals surface area contributed by atoms with Crippen molar-refractivity contribution in [3.05, 3.63) is 73.1 Å². The molecule has 3 heterocycles. The molecule has 0 bridgehead atoms. The van der Waals surface area contributed by atoms with Crippen LogP contribution in [0.4, 0.5) is 4.39 Å². The van der Waals surface area contributed by atoms with Crippen LogP contribution in [0.3, 0.4) is 0 Å². The molecule has 0 saturated heterocycles. The van der Waals surface area contributed by atoms with E-state index in [1.807, 2.05) is 28.8 Å². The van der Waals surface area contributed by atoms with E-state index in [1.165, 1.54) is 12.1 Å². The molecule has 4 nitrogen and oxygen atoms in total. The lowest BCUT2D eigenvalue weighted by molar-refractivity contribution is 0.627. The van der Waals surface area contributed by atoms with Crippen molar-refractivity contribution in [1.82, 2.24) is 19.5 Å². The van der Waals surface area contributed by atoms with Crippen molar-refractivity contribution < 1.29 is 4.39 Å². The number of hydrogen-bond donors (Lipinski definition) is 0. The first kappa shape index (κ1) is 13.1. The van der Waals surface area contributed by atoms with Crippen LogP contribution in [0, 0.1) is 5.82 Å². The van der Waals surface area contributed by atoms with Crippen LogP contribution in [-0.4, -0.2) is 19.5 Å². The largest absolute Gasteiger partial charge is 0.298 e. The third-order valence-electron chi connectivity index (χ3n) is 4.22. The summed E-state index contributed by atoms with van der Waals surface area (Å²) in [5, 5.41) is 1.93. The molecule has 0 aliphatic heterocycles. The summed E-state index contributed by atoms with van der Waals surface area (Å²) < 4.78 is 15.2. The maximum Gasteiger partial charge on any atom is 0.123 e. The number of aromatic nitrogens is 4. The Hall–Kier alpha value is -3.34. The number of pyridine rings is 2. The van der Waals surface area contributed by atoms with E-state index < -0.39 is 0 Å². The highest BCUT2D eigenvalue weighted by molar-refractivity contribution is 6.20. The Balaban J connectivity index is 2.00. The van der Waals surface area contributed by atoms with Crippen LogP contribution in [-0.2, 0) is 0 Å². The summed E-state index contributed by atoms with van der Waals surface area (Å²) in [5.74, 6) is -0.260. The van der Waals surface area contributed by atoms with Crippen molar-refractivity contribution in [2.24, 2.45) is 0 Å². The topological polar surface area (TPSA) is 43.6 Å². The van der Waals surface area contributed by atoms with Gasteiger partial charge in [-0.25, -0.2) is 9.37 Å². The van der Waals surface area contributed by atoms with Gasteiger partial charge in [-0.05, 0) is 48.5 Å². The van der Waals surface area contributed by atoms with Crippen molar-refractivity contribution in [2.45, 2.75) is 0 Å². The fourth-order valence-electron chi connectivity index (χ4n) is 3.17. The van der Waals surface area contributed by atoms with Gasteiger partial charge in [0, 0.05) is 28.9 Å². The number of rotatable bonds is 1. The van der Waals surface area contributed by atoms with E-state index in [2.05, 4.69) is 15.0 Å². The minimum Gasteiger partial charge on any atom is -0.298 e. The quantitative estimate of drug-likeness (QED) is 0.434. The Labute approximate surface area is 136 Å². The Bertz CT molecular complexity index is 1210. The van der Waals surface area contributed by atoms with Gasteiger partial charge in [0.15, 0.2) is 0 Å². The molecule has 0 spiro atoms. The molecule has 24 heavy (non-hydrogen) atoms. The minimum atomic E-state index is -0.260. The molecule has 0 amide bonds. The van der Waals surface area contributed by atoms with Gasteiger partial charge in [0.05, 0.1) is 22.1 Å². The van der Waals surface area contributed by atoms with Crippen molar-refractivity contribution >= 4 is 32.8 Å². The fraction of sp³-hybridized carbons (Fsp3) is 0. The van der Waals surface area contributed by atoms with Gasteiger partial charge >= 0.3 is 0 Å². The van der Waals surface area contributed by atoms with Crippen LogP contribution < -0.4 is 0 Å². The summed E-state index contributed by atoms with van der Waals surface area (Å²) in [7, 11) is 0. The maximum atomic E-state index is 13.3. The van der Waals surface area contributed by atoms with E-state index in [0.717, 1.165) is 38.5 Å². The van der Waals surface area contributed by atoms with Gasteiger partial charge in [0.1, 0.15) is 12.1 Å². The van der Waals surface area contributed by atoms with E-state index in [-0.39, 0.29) is 5.82 Å². The standard InChI is InChI=1S/C19H11FN4/c20-12-5-7-13(8-6-12)24-11-23-18-14-3-1-9-21-16(14)17-15(19(18)24)4-2-10-22-17/h1-11H. The zero-order chi connectivity index (χ0) is 16.1. The molecular weight excluding hydrogens is 303 g/mol. The molecule has 5 heteroatoms. The molecule has 0 aliphatic carbocycles. The van der Waals surface area contributed by atoms with Crippen molar-refractivity contribution in [2.75, 3.05) is 0 Å². The zero-order valence-corrected chi connectivity index (χ0v) is 12.5. The SMILES string of the molecule is Fc1ccc(-n2cnc3c4cccnc4c4ncccc4c32)cc1. The highest BCUT2D eigenvalue weighted by atomic mass is 19.1. The summed E-state index contributed by atoms with van der Waals surface area (Å²) in [4.78, 5) is 13.6. The lowest BCUT2D eigenvalue weighted by atomic mass is 10.1. The second-order valence-electron chi connectivity index (χ2n) is 5.59. The molecule has 0 radical (unpaired) electrons. The normalized spacial score (nSPS) is 11.5. The Morgan fingerprint density at radius 1 is 0.708 bits per heavy atom. The number of nitrogens with zero attached hydrogens (tertiary/aromatic N) is 4. The summed E-state index contributed by atoms with van der Waals surface area (Å²) >= 11 is 0. The molecule has 0 saturated carbocycles. The Morgan fingerprint density at radius 3 is 2.12 bits per heavy atom. The van der Waals surface area contributed by atoms with Crippen molar-refractivity contribution in [3.8, 4) is 5.69 Å². The van der Waals surface area contributed by atoms with E-state index in [9.17, 15) is 4.39 Å². The summed E-state index contributed by atoms with van der Waals surface area (Å²) in [5.41, 5.74) is 4.34. The van der Waals surface area contributed by atoms with Gasteiger partial charge in [0.2, 0.25) is 0 Å². The average molecular weight is 314 g/mol. The third kappa shape index (κ3) is 1.75. The molecule has 0 atom stereocenters. The minimum absolute atomic E-state index is 0.260. The monoisotopic (exact) mass is 314 g/mol. The van der Waals surface area contributed by atoms with Crippen LogP contribution in [0.5, 0.6) is 0 Å². The predicted octanol–water partition coefficient (Wildman–Crippen LogP) is 4.26. The Morgan fingerprint density at radius 2 is 1.38 bits per heavy atom. The van der Waals surface area contributed by atoms with Gasteiger partial charge < -0.3 is 0 Å². The van der Waals surface area contributed by atoms with Gasteiger partial charge in [-0.15, -0.1) is 0 Å².